The summed E-state index contributed by atoms with van der Waals surface area (Å²) in [4.78, 5) is 6.67. The van der Waals surface area contributed by atoms with Gasteiger partial charge in [0.15, 0.2) is 0 Å². The summed E-state index contributed by atoms with van der Waals surface area (Å²) >= 11 is 0. The van der Waals surface area contributed by atoms with E-state index in [9.17, 15) is 0 Å². The highest BCUT2D eigenvalue weighted by molar-refractivity contribution is 5.20. The maximum atomic E-state index is 5.77. The predicted octanol–water partition coefficient (Wildman–Crippen LogP) is 2.98. The summed E-state index contributed by atoms with van der Waals surface area (Å²) in [5, 5.41) is 4.03. The predicted molar refractivity (Wildman–Crippen MR) is 83.7 cm³/mol. The summed E-state index contributed by atoms with van der Waals surface area (Å²) < 4.78 is 11.0. The zero-order chi connectivity index (χ0) is 15.4. The fourth-order valence-electron chi connectivity index (χ4n) is 2.90. The van der Waals surface area contributed by atoms with Crippen LogP contribution in [0.3, 0.4) is 0 Å². The molecule has 0 radical (unpaired) electrons. The van der Waals surface area contributed by atoms with Crippen molar-refractivity contribution in [2.24, 2.45) is 5.92 Å². The van der Waals surface area contributed by atoms with Crippen LogP contribution in [-0.4, -0.2) is 34.7 Å². The molecule has 0 N–H and O–H groups in total. The van der Waals surface area contributed by atoms with Crippen molar-refractivity contribution in [3.8, 4) is 5.88 Å². The van der Waals surface area contributed by atoms with Gasteiger partial charge in [0, 0.05) is 24.4 Å². The number of aryl methyl sites for hydroxylation is 2. The van der Waals surface area contributed by atoms with E-state index in [-0.39, 0.29) is 0 Å². The molecular formula is C17H23N3O2. The van der Waals surface area contributed by atoms with Gasteiger partial charge in [-0.05, 0) is 51.8 Å². The Balaban J connectivity index is 1.44. The first kappa shape index (κ1) is 15.0. The normalized spacial score (nSPS) is 16.8. The molecule has 1 aliphatic rings. The summed E-state index contributed by atoms with van der Waals surface area (Å²) in [6.07, 6.45) is 4.09. The van der Waals surface area contributed by atoms with Crippen LogP contribution in [0.5, 0.6) is 5.88 Å². The highest BCUT2D eigenvalue weighted by Gasteiger charge is 2.22. The van der Waals surface area contributed by atoms with E-state index in [1.807, 2.05) is 32.0 Å². The molecule has 0 unspecified atom stereocenters. The van der Waals surface area contributed by atoms with Crippen molar-refractivity contribution < 1.29 is 9.26 Å². The lowest BCUT2D eigenvalue weighted by Gasteiger charge is -2.31. The van der Waals surface area contributed by atoms with Gasteiger partial charge in [-0.2, -0.15) is 0 Å². The standard InChI is InChI=1S/C17H23N3O2/c1-13-16(14(2)22-19-13)11-20-9-6-15(7-10-20)12-21-17-5-3-4-8-18-17/h3-5,8,15H,6-7,9-12H2,1-2H3. The summed E-state index contributed by atoms with van der Waals surface area (Å²) in [7, 11) is 0. The molecular weight excluding hydrogens is 278 g/mol. The van der Waals surface area contributed by atoms with Crippen LogP contribution in [0.4, 0.5) is 0 Å². The Bertz CT molecular complexity index is 570. The van der Waals surface area contributed by atoms with Crippen molar-refractivity contribution in [1.82, 2.24) is 15.0 Å². The third kappa shape index (κ3) is 3.65. The highest BCUT2D eigenvalue weighted by atomic mass is 16.5. The first-order chi connectivity index (χ1) is 10.7. The molecule has 0 aromatic carbocycles. The van der Waals surface area contributed by atoms with Gasteiger partial charge >= 0.3 is 0 Å². The Kier molecular flexibility index (Phi) is 4.73. The minimum Gasteiger partial charge on any atom is -0.477 e. The summed E-state index contributed by atoms with van der Waals surface area (Å²) in [6.45, 7) is 7.90. The number of ether oxygens (including phenoxy) is 1. The number of piperidine rings is 1. The third-order valence-corrected chi connectivity index (χ3v) is 4.37. The van der Waals surface area contributed by atoms with Crippen molar-refractivity contribution in [2.45, 2.75) is 33.2 Å². The molecule has 1 fully saturated rings. The molecule has 0 aliphatic carbocycles. The number of hydrogen-bond acceptors (Lipinski definition) is 5. The molecule has 1 saturated heterocycles. The van der Waals surface area contributed by atoms with Gasteiger partial charge in [-0.3, -0.25) is 4.90 Å². The van der Waals surface area contributed by atoms with Crippen molar-refractivity contribution in [3.05, 3.63) is 41.4 Å². The summed E-state index contributed by atoms with van der Waals surface area (Å²) in [5.74, 6) is 2.28. The number of rotatable bonds is 5. The van der Waals surface area contributed by atoms with Gasteiger partial charge in [0.05, 0.1) is 12.3 Å². The van der Waals surface area contributed by atoms with Crippen LogP contribution in [0.2, 0.25) is 0 Å². The Morgan fingerprint density at radius 1 is 1.27 bits per heavy atom. The van der Waals surface area contributed by atoms with E-state index in [1.165, 1.54) is 5.56 Å². The van der Waals surface area contributed by atoms with Gasteiger partial charge in [-0.1, -0.05) is 11.2 Å². The highest BCUT2D eigenvalue weighted by Crippen LogP contribution is 2.22. The summed E-state index contributed by atoms with van der Waals surface area (Å²) in [6, 6.07) is 5.77. The molecule has 1 aliphatic heterocycles. The second kappa shape index (κ2) is 6.92. The molecule has 0 bridgehead atoms. The van der Waals surface area contributed by atoms with Crippen LogP contribution in [0.25, 0.3) is 0 Å². The van der Waals surface area contributed by atoms with Gasteiger partial charge in [0.25, 0.3) is 0 Å². The van der Waals surface area contributed by atoms with E-state index < -0.39 is 0 Å². The lowest BCUT2D eigenvalue weighted by Crippen LogP contribution is -2.35. The van der Waals surface area contributed by atoms with E-state index >= 15 is 0 Å². The van der Waals surface area contributed by atoms with Crippen LogP contribution in [-0.2, 0) is 6.54 Å². The second-order valence-electron chi connectivity index (χ2n) is 6.00. The van der Waals surface area contributed by atoms with Crippen molar-refractivity contribution in [3.63, 3.8) is 0 Å². The van der Waals surface area contributed by atoms with Crippen molar-refractivity contribution >= 4 is 0 Å². The molecule has 5 nitrogen and oxygen atoms in total. The van der Waals surface area contributed by atoms with Gasteiger partial charge in [0.2, 0.25) is 5.88 Å². The first-order valence-electron chi connectivity index (χ1n) is 7.90. The Morgan fingerprint density at radius 2 is 2.09 bits per heavy atom. The van der Waals surface area contributed by atoms with Gasteiger partial charge in [-0.25, -0.2) is 4.98 Å². The number of likely N-dealkylation sites (tertiary alicyclic amines) is 1. The molecule has 5 heteroatoms. The molecule has 2 aromatic rings. The lowest BCUT2D eigenvalue weighted by atomic mass is 9.97. The second-order valence-corrected chi connectivity index (χ2v) is 6.00. The molecule has 0 spiro atoms. The van der Waals surface area contributed by atoms with Crippen molar-refractivity contribution in [1.29, 1.82) is 0 Å². The smallest absolute Gasteiger partial charge is 0.213 e. The largest absolute Gasteiger partial charge is 0.477 e. The Hall–Kier alpha value is -1.88. The molecule has 3 heterocycles. The van der Waals surface area contributed by atoms with Gasteiger partial charge < -0.3 is 9.26 Å². The number of hydrogen-bond donors (Lipinski definition) is 0. The zero-order valence-corrected chi connectivity index (χ0v) is 13.3. The van der Waals surface area contributed by atoms with Crippen LogP contribution in [0.1, 0.15) is 29.9 Å². The summed E-state index contributed by atoms with van der Waals surface area (Å²) in [5.41, 5.74) is 2.25. The number of aromatic nitrogens is 2. The van der Waals surface area contributed by atoms with E-state index in [0.29, 0.717) is 5.92 Å². The van der Waals surface area contributed by atoms with Crippen LogP contribution >= 0.6 is 0 Å². The van der Waals surface area contributed by atoms with E-state index in [4.69, 9.17) is 9.26 Å². The zero-order valence-electron chi connectivity index (χ0n) is 13.3. The van der Waals surface area contributed by atoms with Crippen LogP contribution < -0.4 is 4.74 Å². The maximum Gasteiger partial charge on any atom is 0.213 e. The topological polar surface area (TPSA) is 51.4 Å². The average Bonchev–Trinajstić information content (AvgIpc) is 2.87. The molecule has 0 saturated carbocycles. The van der Waals surface area contributed by atoms with Gasteiger partial charge in [-0.15, -0.1) is 0 Å². The Morgan fingerprint density at radius 3 is 2.73 bits per heavy atom. The fourth-order valence-corrected chi connectivity index (χ4v) is 2.90. The van der Waals surface area contributed by atoms with E-state index in [2.05, 4.69) is 15.0 Å². The number of pyridine rings is 1. The SMILES string of the molecule is Cc1noc(C)c1CN1CCC(COc2ccccn2)CC1. The monoisotopic (exact) mass is 301 g/mol. The van der Waals surface area contributed by atoms with Crippen molar-refractivity contribution in [2.75, 3.05) is 19.7 Å². The average molecular weight is 301 g/mol. The van der Waals surface area contributed by atoms with E-state index in [0.717, 1.165) is 56.4 Å². The third-order valence-electron chi connectivity index (χ3n) is 4.37. The maximum absolute atomic E-state index is 5.77. The molecule has 0 atom stereocenters. The fraction of sp³-hybridized carbons (Fsp3) is 0.529. The lowest BCUT2D eigenvalue weighted by molar-refractivity contribution is 0.134. The number of nitrogens with zero attached hydrogens (tertiary/aromatic N) is 3. The minimum atomic E-state index is 0.614. The Labute approximate surface area is 131 Å². The van der Waals surface area contributed by atoms with Crippen LogP contribution in [0, 0.1) is 19.8 Å². The molecule has 3 rings (SSSR count). The van der Waals surface area contributed by atoms with E-state index in [1.54, 1.807) is 6.20 Å². The first-order valence-corrected chi connectivity index (χ1v) is 7.90. The quantitative estimate of drug-likeness (QED) is 0.850. The molecule has 22 heavy (non-hydrogen) atoms. The molecule has 2 aromatic heterocycles. The van der Waals surface area contributed by atoms with Gasteiger partial charge in [0.1, 0.15) is 5.76 Å². The minimum absolute atomic E-state index is 0.614. The molecule has 0 amide bonds. The molecule has 118 valence electrons. The van der Waals surface area contributed by atoms with Crippen LogP contribution in [0.15, 0.2) is 28.9 Å².